The molecule has 26 heavy (non-hydrogen) atoms. The number of halogens is 2. The minimum absolute atomic E-state index is 0. The van der Waals surface area contributed by atoms with E-state index in [2.05, 4.69) is 4.90 Å². The molecule has 1 aromatic carbocycles. The van der Waals surface area contributed by atoms with Crippen LogP contribution in [0.2, 0.25) is 0 Å². The van der Waals surface area contributed by atoms with Crippen LogP contribution >= 0.6 is 24.8 Å². The van der Waals surface area contributed by atoms with E-state index in [9.17, 15) is 0 Å². The lowest BCUT2D eigenvalue weighted by Crippen LogP contribution is -2.31. The highest BCUT2D eigenvalue weighted by Gasteiger charge is 2.18. The van der Waals surface area contributed by atoms with E-state index in [1.54, 1.807) is 20.3 Å². The summed E-state index contributed by atoms with van der Waals surface area (Å²) >= 11 is 0. The minimum atomic E-state index is -0.550. The SMILES string of the molecule is COc1ccc(C(OCCCN2CCCCC2)C(=N)N)cc1OC.Cl.Cl. The van der Waals surface area contributed by atoms with Gasteiger partial charge in [0.05, 0.1) is 14.2 Å². The van der Waals surface area contributed by atoms with Crippen molar-refractivity contribution in [1.29, 1.82) is 5.41 Å². The number of likely N-dealkylation sites (tertiary alicyclic amines) is 1. The van der Waals surface area contributed by atoms with Crippen LogP contribution in [-0.2, 0) is 4.74 Å². The predicted molar refractivity (Wildman–Crippen MR) is 110 cm³/mol. The maximum atomic E-state index is 7.82. The summed E-state index contributed by atoms with van der Waals surface area (Å²) in [6.07, 6.45) is 4.33. The van der Waals surface area contributed by atoms with Gasteiger partial charge in [-0.3, -0.25) is 5.41 Å². The third-order valence-electron chi connectivity index (χ3n) is 4.34. The highest BCUT2D eigenvalue weighted by molar-refractivity contribution is 5.85. The number of benzene rings is 1. The van der Waals surface area contributed by atoms with Crippen molar-refractivity contribution >= 4 is 30.6 Å². The highest BCUT2D eigenvalue weighted by atomic mass is 35.5. The van der Waals surface area contributed by atoms with Crippen molar-refractivity contribution in [2.75, 3.05) is 40.5 Å². The molecule has 0 aromatic heterocycles. The van der Waals surface area contributed by atoms with E-state index in [1.165, 1.54) is 32.4 Å². The molecule has 1 unspecified atom stereocenters. The van der Waals surface area contributed by atoms with Crippen LogP contribution < -0.4 is 15.2 Å². The fraction of sp³-hybridized carbons (Fsp3) is 0.611. The molecule has 1 aliphatic heterocycles. The molecule has 150 valence electrons. The van der Waals surface area contributed by atoms with Gasteiger partial charge in [0.15, 0.2) is 11.5 Å². The molecule has 0 amide bonds. The van der Waals surface area contributed by atoms with Gasteiger partial charge in [0.1, 0.15) is 11.9 Å². The van der Waals surface area contributed by atoms with Gasteiger partial charge in [-0.15, -0.1) is 24.8 Å². The number of nitrogens with zero attached hydrogens (tertiary/aromatic N) is 1. The molecular weight excluding hydrogens is 377 g/mol. The van der Waals surface area contributed by atoms with Crippen LogP contribution in [0.5, 0.6) is 11.5 Å². The van der Waals surface area contributed by atoms with Crippen LogP contribution in [0.3, 0.4) is 0 Å². The summed E-state index contributed by atoms with van der Waals surface area (Å²) < 4.78 is 16.4. The van der Waals surface area contributed by atoms with Crippen molar-refractivity contribution in [2.45, 2.75) is 31.8 Å². The number of nitrogens with two attached hydrogens (primary N) is 1. The second-order valence-corrected chi connectivity index (χ2v) is 6.08. The van der Waals surface area contributed by atoms with Gasteiger partial charge in [0.25, 0.3) is 0 Å². The Labute approximate surface area is 168 Å². The topological polar surface area (TPSA) is 80.8 Å². The second-order valence-electron chi connectivity index (χ2n) is 6.08. The van der Waals surface area contributed by atoms with Crippen molar-refractivity contribution in [3.8, 4) is 11.5 Å². The smallest absolute Gasteiger partial charge is 0.161 e. The van der Waals surface area contributed by atoms with Crippen molar-refractivity contribution in [3.63, 3.8) is 0 Å². The number of amidine groups is 1. The molecule has 1 atom stereocenters. The van der Waals surface area contributed by atoms with Gasteiger partial charge in [-0.1, -0.05) is 12.5 Å². The zero-order chi connectivity index (χ0) is 17.4. The molecule has 1 fully saturated rings. The van der Waals surface area contributed by atoms with Gasteiger partial charge in [0.2, 0.25) is 0 Å². The van der Waals surface area contributed by atoms with Crippen LogP contribution in [0.15, 0.2) is 18.2 Å². The molecular formula is C18H31Cl2N3O3. The van der Waals surface area contributed by atoms with Crippen LogP contribution in [0.25, 0.3) is 0 Å². The monoisotopic (exact) mass is 407 g/mol. The normalized spacial score (nSPS) is 15.3. The Morgan fingerprint density at radius 2 is 1.77 bits per heavy atom. The van der Waals surface area contributed by atoms with Crippen LogP contribution in [0.4, 0.5) is 0 Å². The lowest BCUT2D eigenvalue weighted by atomic mass is 10.1. The quantitative estimate of drug-likeness (QED) is 0.372. The fourth-order valence-electron chi connectivity index (χ4n) is 3.05. The Morgan fingerprint density at radius 1 is 1.12 bits per heavy atom. The maximum absolute atomic E-state index is 7.82. The maximum Gasteiger partial charge on any atom is 0.161 e. The lowest BCUT2D eigenvalue weighted by Gasteiger charge is -2.26. The molecule has 8 heteroatoms. The first kappa shape index (κ1) is 24.8. The van der Waals surface area contributed by atoms with Gasteiger partial charge in [-0.2, -0.15) is 0 Å². The fourth-order valence-corrected chi connectivity index (χ4v) is 3.05. The van der Waals surface area contributed by atoms with E-state index >= 15 is 0 Å². The number of hydrogen-bond acceptors (Lipinski definition) is 5. The summed E-state index contributed by atoms with van der Waals surface area (Å²) in [6.45, 7) is 3.99. The molecule has 0 aliphatic carbocycles. The van der Waals surface area contributed by atoms with E-state index in [0.717, 1.165) is 18.5 Å². The number of piperidine rings is 1. The lowest BCUT2D eigenvalue weighted by molar-refractivity contribution is 0.0845. The highest BCUT2D eigenvalue weighted by Crippen LogP contribution is 2.31. The summed E-state index contributed by atoms with van der Waals surface area (Å²) in [4.78, 5) is 2.48. The average Bonchev–Trinajstić information content (AvgIpc) is 2.61. The number of ether oxygens (including phenoxy) is 3. The molecule has 6 nitrogen and oxygen atoms in total. The molecule has 1 heterocycles. The van der Waals surface area contributed by atoms with E-state index in [0.29, 0.717) is 18.1 Å². The average molecular weight is 408 g/mol. The number of nitrogens with one attached hydrogen (secondary N) is 1. The molecule has 0 bridgehead atoms. The summed E-state index contributed by atoms with van der Waals surface area (Å²) in [7, 11) is 3.18. The molecule has 0 radical (unpaired) electrons. The molecule has 1 aliphatic rings. The first-order valence-corrected chi connectivity index (χ1v) is 8.55. The summed E-state index contributed by atoms with van der Waals surface area (Å²) in [6, 6.07) is 5.48. The van der Waals surface area contributed by atoms with E-state index in [4.69, 9.17) is 25.4 Å². The number of hydrogen-bond donors (Lipinski definition) is 2. The van der Waals surface area contributed by atoms with Crippen molar-refractivity contribution < 1.29 is 14.2 Å². The van der Waals surface area contributed by atoms with Gasteiger partial charge in [0, 0.05) is 13.2 Å². The van der Waals surface area contributed by atoms with Crippen molar-refractivity contribution in [1.82, 2.24) is 4.90 Å². The second kappa shape index (κ2) is 13.0. The largest absolute Gasteiger partial charge is 0.493 e. The third-order valence-corrected chi connectivity index (χ3v) is 4.34. The van der Waals surface area contributed by atoms with Crippen molar-refractivity contribution in [2.24, 2.45) is 5.73 Å². The zero-order valence-electron chi connectivity index (χ0n) is 15.5. The third kappa shape index (κ3) is 7.19. The van der Waals surface area contributed by atoms with Gasteiger partial charge >= 0.3 is 0 Å². The molecule has 1 aromatic rings. The summed E-state index contributed by atoms with van der Waals surface area (Å²) in [5, 5.41) is 7.82. The van der Waals surface area contributed by atoms with Crippen LogP contribution in [-0.4, -0.2) is 51.2 Å². The zero-order valence-corrected chi connectivity index (χ0v) is 17.2. The molecule has 2 rings (SSSR count). The molecule has 0 spiro atoms. The van der Waals surface area contributed by atoms with Gasteiger partial charge < -0.3 is 24.8 Å². The van der Waals surface area contributed by atoms with Crippen LogP contribution in [0.1, 0.15) is 37.4 Å². The first-order chi connectivity index (χ1) is 11.7. The summed E-state index contributed by atoms with van der Waals surface area (Å²) in [5.41, 5.74) is 6.54. The van der Waals surface area contributed by atoms with E-state index in [-0.39, 0.29) is 30.6 Å². The summed E-state index contributed by atoms with van der Waals surface area (Å²) in [5.74, 6) is 1.26. The number of rotatable bonds is 9. The standard InChI is InChI=1S/C18H29N3O3.2ClH/c1-22-15-8-7-14(13-16(15)23-2)17(18(19)20)24-12-6-11-21-9-4-3-5-10-21;;/h7-8,13,17H,3-6,9-12H2,1-2H3,(H3,19,20);2*1H. The molecule has 3 N–H and O–H groups in total. The predicted octanol–water partition coefficient (Wildman–Crippen LogP) is 3.42. The Balaban J connectivity index is 0.00000312. The Morgan fingerprint density at radius 3 is 2.35 bits per heavy atom. The van der Waals surface area contributed by atoms with E-state index in [1.807, 2.05) is 12.1 Å². The van der Waals surface area contributed by atoms with Crippen LogP contribution in [0, 0.1) is 5.41 Å². The van der Waals surface area contributed by atoms with Crippen molar-refractivity contribution in [3.05, 3.63) is 23.8 Å². The Kier molecular flexibility index (Phi) is 12.4. The first-order valence-electron chi connectivity index (χ1n) is 8.55. The Hall–Kier alpha value is -1.21. The van der Waals surface area contributed by atoms with E-state index < -0.39 is 6.10 Å². The Bertz CT molecular complexity index is 540. The number of methoxy groups -OCH3 is 2. The van der Waals surface area contributed by atoms with Gasteiger partial charge in [-0.25, -0.2) is 0 Å². The minimum Gasteiger partial charge on any atom is -0.493 e. The van der Waals surface area contributed by atoms with Gasteiger partial charge in [-0.05, 0) is 50.0 Å². The molecule has 0 saturated carbocycles. The molecule has 1 saturated heterocycles.